The smallest absolute Gasteiger partial charge is 0.253 e. The molecule has 2 N–H and O–H groups in total. The second-order valence-corrected chi connectivity index (χ2v) is 5.97. The molecule has 0 aliphatic heterocycles. The lowest BCUT2D eigenvalue weighted by atomic mass is 9.76. The van der Waals surface area contributed by atoms with Gasteiger partial charge in [-0.1, -0.05) is 32.3 Å². The summed E-state index contributed by atoms with van der Waals surface area (Å²) in [7, 11) is 1.62. The predicted molar refractivity (Wildman–Crippen MR) is 79.5 cm³/mol. The number of amides is 1. The standard InChI is InChI=1S/C16H23FN2O/c1-16(9-4-3-5-10-16)11-19-15(20)12-7-6-8-13(17)14(12)18-2/h6-8,18H,3-5,9-11H2,1-2H3,(H,19,20). The summed E-state index contributed by atoms with van der Waals surface area (Å²) in [6.45, 7) is 2.88. The number of halogens is 1. The normalized spacial score (nSPS) is 17.6. The molecule has 1 fully saturated rings. The quantitative estimate of drug-likeness (QED) is 0.884. The summed E-state index contributed by atoms with van der Waals surface area (Å²) in [6, 6.07) is 4.56. The molecular weight excluding hydrogens is 255 g/mol. The fourth-order valence-corrected chi connectivity index (χ4v) is 2.94. The van der Waals surface area contributed by atoms with Crippen LogP contribution in [0, 0.1) is 11.2 Å². The van der Waals surface area contributed by atoms with Gasteiger partial charge in [-0.05, 0) is 30.4 Å². The van der Waals surface area contributed by atoms with Crippen molar-refractivity contribution in [2.75, 3.05) is 18.9 Å². The van der Waals surface area contributed by atoms with Gasteiger partial charge in [0.25, 0.3) is 5.91 Å². The summed E-state index contributed by atoms with van der Waals surface area (Å²) < 4.78 is 13.6. The number of hydrogen-bond donors (Lipinski definition) is 2. The van der Waals surface area contributed by atoms with Crippen LogP contribution >= 0.6 is 0 Å². The minimum Gasteiger partial charge on any atom is -0.385 e. The maximum Gasteiger partial charge on any atom is 0.253 e. The highest BCUT2D eigenvalue weighted by Gasteiger charge is 2.27. The van der Waals surface area contributed by atoms with E-state index in [4.69, 9.17) is 0 Å². The van der Waals surface area contributed by atoms with Crippen molar-refractivity contribution in [1.29, 1.82) is 0 Å². The molecule has 20 heavy (non-hydrogen) atoms. The van der Waals surface area contributed by atoms with Gasteiger partial charge in [-0.15, -0.1) is 0 Å². The first kappa shape index (κ1) is 14.8. The minimum atomic E-state index is -0.399. The Morgan fingerprint density at radius 2 is 2.00 bits per heavy atom. The summed E-state index contributed by atoms with van der Waals surface area (Å²) in [5.74, 6) is -0.607. The van der Waals surface area contributed by atoms with Gasteiger partial charge in [0.15, 0.2) is 0 Å². The van der Waals surface area contributed by atoms with E-state index in [1.165, 1.54) is 25.3 Å². The van der Waals surface area contributed by atoms with Gasteiger partial charge in [-0.25, -0.2) is 4.39 Å². The van der Waals surface area contributed by atoms with Gasteiger partial charge in [0, 0.05) is 13.6 Å². The van der Waals surface area contributed by atoms with E-state index >= 15 is 0 Å². The third-order valence-corrected chi connectivity index (χ3v) is 4.24. The highest BCUT2D eigenvalue weighted by molar-refractivity contribution is 5.99. The molecule has 1 aliphatic rings. The van der Waals surface area contributed by atoms with Crippen LogP contribution in [0.5, 0.6) is 0 Å². The molecule has 0 spiro atoms. The Morgan fingerprint density at radius 3 is 2.65 bits per heavy atom. The average molecular weight is 278 g/mol. The molecule has 0 bridgehead atoms. The molecule has 4 heteroatoms. The first-order chi connectivity index (χ1) is 9.56. The summed E-state index contributed by atoms with van der Waals surface area (Å²) in [6.07, 6.45) is 6.05. The molecule has 0 saturated heterocycles. The van der Waals surface area contributed by atoms with Crippen LogP contribution in [0.25, 0.3) is 0 Å². The summed E-state index contributed by atoms with van der Waals surface area (Å²) in [4.78, 5) is 12.2. The molecule has 2 rings (SSSR count). The fraction of sp³-hybridized carbons (Fsp3) is 0.562. The number of para-hydroxylation sites is 1. The molecule has 1 aromatic rings. The third-order valence-electron chi connectivity index (χ3n) is 4.24. The Bertz CT molecular complexity index is 481. The van der Waals surface area contributed by atoms with Crippen molar-refractivity contribution in [3.05, 3.63) is 29.6 Å². The van der Waals surface area contributed by atoms with Crippen LogP contribution in [0.15, 0.2) is 18.2 Å². The van der Waals surface area contributed by atoms with Crippen LogP contribution in [0.4, 0.5) is 10.1 Å². The highest BCUT2D eigenvalue weighted by atomic mass is 19.1. The zero-order valence-corrected chi connectivity index (χ0v) is 12.3. The van der Waals surface area contributed by atoms with E-state index in [0.29, 0.717) is 12.1 Å². The maximum absolute atomic E-state index is 13.6. The van der Waals surface area contributed by atoms with Gasteiger partial charge < -0.3 is 10.6 Å². The Hall–Kier alpha value is -1.58. The predicted octanol–water partition coefficient (Wildman–Crippen LogP) is 3.57. The van der Waals surface area contributed by atoms with E-state index in [2.05, 4.69) is 17.6 Å². The molecule has 1 saturated carbocycles. The zero-order valence-electron chi connectivity index (χ0n) is 12.3. The molecule has 1 aliphatic carbocycles. The molecular formula is C16H23FN2O. The first-order valence-corrected chi connectivity index (χ1v) is 7.30. The number of rotatable bonds is 4. The Kier molecular flexibility index (Phi) is 4.63. The van der Waals surface area contributed by atoms with Crippen molar-refractivity contribution in [2.24, 2.45) is 5.41 Å². The van der Waals surface area contributed by atoms with Crippen molar-refractivity contribution in [3.63, 3.8) is 0 Å². The molecule has 0 unspecified atom stereocenters. The molecule has 1 aromatic carbocycles. The Labute approximate surface area is 120 Å². The SMILES string of the molecule is CNc1c(F)cccc1C(=O)NCC1(C)CCCCC1. The van der Waals surface area contributed by atoms with E-state index in [1.54, 1.807) is 19.2 Å². The molecule has 110 valence electrons. The van der Waals surface area contributed by atoms with E-state index < -0.39 is 5.82 Å². The monoisotopic (exact) mass is 278 g/mol. The fourth-order valence-electron chi connectivity index (χ4n) is 2.94. The minimum absolute atomic E-state index is 0.182. The van der Waals surface area contributed by atoms with Crippen molar-refractivity contribution in [2.45, 2.75) is 39.0 Å². The van der Waals surface area contributed by atoms with E-state index in [9.17, 15) is 9.18 Å². The van der Waals surface area contributed by atoms with E-state index in [1.807, 2.05) is 0 Å². The summed E-state index contributed by atoms with van der Waals surface area (Å²) >= 11 is 0. The zero-order chi connectivity index (χ0) is 14.6. The van der Waals surface area contributed by atoms with Crippen molar-refractivity contribution in [3.8, 4) is 0 Å². The molecule has 0 aromatic heterocycles. The third kappa shape index (κ3) is 3.30. The lowest BCUT2D eigenvalue weighted by Crippen LogP contribution is -2.37. The van der Waals surface area contributed by atoms with Crippen molar-refractivity contribution in [1.82, 2.24) is 5.32 Å². The van der Waals surface area contributed by atoms with Gasteiger partial charge in [0.2, 0.25) is 0 Å². The van der Waals surface area contributed by atoms with Gasteiger partial charge in [-0.2, -0.15) is 0 Å². The van der Waals surface area contributed by atoms with E-state index in [0.717, 1.165) is 12.8 Å². The largest absolute Gasteiger partial charge is 0.385 e. The van der Waals surface area contributed by atoms with Gasteiger partial charge in [0.05, 0.1) is 11.3 Å². The second-order valence-electron chi connectivity index (χ2n) is 5.97. The lowest BCUT2D eigenvalue weighted by Gasteiger charge is -2.33. The summed E-state index contributed by atoms with van der Waals surface area (Å²) in [5, 5.41) is 5.72. The average Bonchev–Trinajstić information content (AvgIpc) is 2.45. The summed E-state index contributed by atoms with van der Waals surface area (Å²) in [5.41, 5.74) is 0.812. The topological polar surface area (TPSA) is 41.1 Å². The number of carbonyl (C=O) groups excluding carboxylic acids is 1. The van der Waals surface area contributed by atoms with Gasteiger partial charge in [0.1, 0.15) is 5.82 Å². The van der Waals surface area contributed by atoms with E-state index in [-0.39, 0.29) is 17.0 Å². The molecule has 3 nitrogen and oxygen atoms in total. The Morgan fingerprint density at radius 1 is 1.30 bits per heavy atom. The molecule has 1 amide bonds. The number of benzene rings is 1. The van der Waals surface area contributed by atoms with Gasteiger partial charge in [-0.3, -0.25) is 4.79 Å². The second kappa shape index (κ2) is 6.25. The first-order valence-electron chi connectivity index (χ1n) is 7.30. The van der Waals surface area contributed by atoms with Crippen LogP contribution in [0.2, 0.25) is 0 Å². The molecule has 0 atom stereocenters. The van der Waals surface area contributed by atoms with Crippen molar-refractivity contribution >= 4 is 11.6 Å². The van der Waals surface area contributed by atoms with Crippen molar-refractivity contribution < 1.29 is 9.18 Å². The molecule has 0 heterocycles. The van der Waals surface area contributed by atoms with Crippen LogP contribution in [-0.4, -0.2) is 19.5 Å². The van der Waals surface area contributed by atoms with Crippen LogP contribution < -0.4 is 10.6 Å². The number of nitrogens with one attached hydrogen (secondary N) is 2. The number of anilines is 1. The number of hydrogen-bond acceptors (Lipinski definition) is 2. The van der Waals surface area contributed by atoms with Crippen LogP contribution in [0.1, 0.15) is 49.4 Å². The maximum atomic E-state index is 13.6. The van der Waals surface area contributed by atoms with Crippen LogP contribution in [0.3, 0.4) is 0 Å². The Balaban J connectivity index is 2.03. The van der Waals surface area contributed by atoms with Crippen LogP contribution in [-0.2, 0) is 0 Å². The lowest BCUT2D eigenvalue weighted by molar-refractivity contribution is 0.0919. The van der Waals surface area contributed by atoms with Gasteiger partial charge >= 0.3 is 0 Å². The molecule has 0 radical (unpaired) electrons. The number of carbonyl (C=O) groups is 1. The highest BCUT2D eigenvalue weighted by Crippen LogP contribution is 2.35.